The van der Waals surface area contributed by atoms with Crippen molar-refractivity contribution in [2.24, 2.45) is 0 Å². The van der Waals surface area contributed by atoms with Crippen LogP contribution in [0.3, 0.4) is 0 Å². The van der Waals surface area contributed by atoms with Crippen LogP contribution < -0.4 is 5.32 Å². The lowest BCUT2D eigenvalue weighted by molar-refractivity contribution is -0.111. The van der Waals surface area contributed by atoms with Crippen molar-refractivity contribution in [2.45, 2.75) is 13.8 Å². The van der Waals surface area contributed by atoms with Gasteiger partial charge in [-0.2, -0.15) is 0 Å². The zero-order chi connectivity index (χ0) is 16.7. The summed E-state index contributed by atoms with van der Waals surface area (Å²) in [5, 5.41) is 2.74. The molecule has 0 aliphatic carbocycles. The van der Waals surface area contributed by atoms with Gasteiger partial charge in [0.15, 0.2) is 0 Å². The third-order valence-electron chi connectivity index (χ3n) is 3.39. The summed E-state index contributed by atoms with van der Waals surface area (Å²) in [4.78, 5) is 25.8. The Labute approximate surface area is 135 Å². The van der Waals surface area contributed by atoms with Crippen molar-refractivity contribution >= 4 is 23.6 Å². The van der Waals surface area contributed by atoms with Gasteiger partial charge in [-0.05, 0) is 56.3 Å². The molecule has 0 aliphatic rings. The summed E-state index contributed by atoms with van der Waals surface area (Å²) in [7, 11) is 0. The summed E-state index contributed by atoms with van der Waals surface area (Å²) in [5.41, 5.74) is 1.24. The van der Waals surface area contributed by atoms with Gasteiger partial charge in [-0.3, -0.25) is 9.59 Å². The first kappa shape index (κ1) is 16.5. The van der Waals surface area contributed by atoms with Crippen LogP contribution in [0.5, 0.6) is 0 Å². The molecule has 0 spiro atoms. The maximum Gasteiger partial charge on any atom is 0.253 e. The first-order chi connectivity index (χ1) is 11.1. The zero-order valence-corrected chi connectivity index (χ0v) is 13.3. The fraction of sp³-hybridized carbons (Fsp3) is 0.222. The molecule has 0 fully saturated rings. The van der Waals surface area contributed by atoms with Crippen LogP contribution in [0.1, 0.15) is 30.0 Å². The van der Waals surface area contributed by atoms with Gasteiger partial charge in [0.1, 0.15) is 5.76 Å². The van der Waals surface area contributed by atoms with E-state index in [1.54, 1.807) is 53.6 Å². The monoisotopic (exact) mass is 312 g/mol. The molecule has 0 saturated heterocycles. The van der Waals surface area contributed by atoms with Crippen LogP contribution in [-0.2, 0) is 4.79 Å². The van der Waals surface area contributed by atoms with Gasteiger partial charge in [-0.1, -0.05) is 0 Å². The summed E-state index contributed by atoms with van der Waals surface area (Å²) < 4.78 is 5.11. The van der Waals surface area contributed by atoms with E-state index in [1.165, 1.54) is 6.08 Å². The molecule has 0 aliphatic heterocycles. The van der Waals surface area contributed by atoms with Crippen molar-refractivity contribution < 1.29 is 14.0 Å². The van der Waals surface area contributed by atoms with E-state index in [-0.39, 0.29) is 11.8 Å². The van der Waals surface area contributed by atoms with Crippen molar-refractivity contribution in [3.8, 4) is 0 Å². The molecule has 0 unspecified atom stereocenters. The Morgan fingerprint density at radius 1 is 1.13 bits per heavy atom. The molecule has 2 amide bonds. The molecule has 1 aromatic carbocycles. The molecule has 0 bridgehead atoms. The second kappa shape index (κ2) is 7.98. The number of hydrogen-bond acceptors (Lipinski definition) is 3. The molecule has 23 heavy (non-hydrogen) atoms. The first-order valence-electron chi connectivity index (χ1n) is 7.56. The van der Waals surface area contributed by atoms with Crippen LogP contribution >= 0.6 is 0 Å². The van der Waals surface area contributed by atoms with Gasteiger partial charge in [-0.15, -0.1) is 0 Å². The Balaban J connectivity index is 1.97. The largest absolute Gasteiger partial charge is 0.465 e. The molecule has 0 saturated carbocycles. The Morgan fingerprint density at radius 3 is 2.39 bits per heavy atom. The fourth-order valence-corrected chi connectivity index (χ4v) is 2.12. The van der Waals surface area contributed by atoms with Gasteiger partial charge >= 0.3 is 0 Å². The van der Waals surface area contributed by atoms with Crippen LogP contribution in [0.25, 0.3) is 6.08 Å². The van der Waals surface area contributed by atoms with Gasteiger partial charge in [0.05, 0.1) is 6.26 Å². The SMILES string of the molecule is CCN(CC)C(=O)c1ccc(NC(=O)C=Cc2ccco2)cc1. The lowest BCUT2D eigenvalue weighted by Gasteiger charge is -2.18. The molecule has 0 radical (unpaired) electrons. The Morgan fingerprint density at radius 2 is 1.83 bits per heavy atom. The normalized spacial score (nSPS) is 10.7. The predicted molar refractivity (Wildman–Crippen MR) is 90.1 cm³/mol. The highest BCUT2D eigenvalue weighted by Gasteiger charge is 2.12. The summed E-state index contributed by atoms with van der Waals surface area (Å²) in [5.74, 6) is 0.343. The van der Waals surface area contributed by atoms with Crippen LogP contribution in [0.2, 0.25) is 0 Å². The van der Waals surface area contributed by atoms with E-state index in [1.807, 2.05) is 13.8 Å². The molecule has 0 atom stereocenters. The van der Waals surface area contributed by atoms with Crippen molar-refractivity contribution in [2.75, 3.05) is 18.4 Å². The number of carbonyl (C=O) groups excluding carboxylic acids is 2. The molecule has 5 heteroatoms. The lowest BCUT2D eigenvalue weighted by atomic mass is 10.1. The summed E-state index contributed by atoms with van der Waals surface area (Å²) >= 11 is 0. The van der Waals surface area contributed by atoms with E-state index < -0.39 is 0 Å². The second-order valence-electron chi connectivity index (χ2n) is 4.89. The van der Waals surface area contributed by atoms with E-state index in [0.29, 0.717) is 30.1 Å². The minimum Gasteiger partial charge on any atom is -0.465 e. The van der Waals surface area contributed by atoms with Gasteiger partial charge in [0.2, 0.25) is 5.91 Å². The molecular formula is C18H20N2O3. The fourth-order valence-electron chi connectivity index (χ4n) is 2.12. The molecule has 1 N–H and O–H groups in total. The zero-order valence-electron chi connectivity index (χ0n) is 13.3. The van der Waals surface area contributed by atoms with Crippen LogP contribution in [0.15, 0.2) is 53.2 Å². The molecule has 2 aromatic rings. The number of furan rings is 1. The summed E-state index contributed by atoms with van der Waals surface area (Å²) in [6, 6.07) is 10.4. The summed E-state index contributed by atoms with van der Waals surface area (Å²) in [6.45, 7) is 5.24. The van der Waals surface area contributed by atoms with Crippen molar-refractivity contribution in [3.63, 3.8) is 0 Å². The maximum absolute atomic E-state index is 12.2. The van der Waals surface area contributed by atoms with Crippen molar-refractivity contribution in [3.05, 3.63) is 60.1 Å². The highest BCUT2D eigenvalue weighted by Crippen LogP contribution is 2.12. The average Bonchev–Trinajstić information content (AvgIpc) is 3.08. The van der Waals surface area contributed by atoms with E-state index in [9.17, 15) is 9.59 Å². The van der Waals surface area contributed by atoms with Crippen LogP contribution in [0.4, 0.5) is 5.69 Å². The predicted octanol–water partition coefficient (Wildman–Crippen LogP) is 3.41. The smallest absolute Gasteiger partial charge is 0.253 e. The number of carbonyl (C=O) groups is 2. The van der Waals surface area contributed by atoms with E-state index in [4.69, 9.17) is 4.42 Å². The number of nitrogens with one attached hydrogen (secondary N) is 1. The molecule has 1 aromatic heterocycles. The summed E-state index contributed by atoms with van der Waals surface area (Å²) in [6.07, 6.45) is 4.53. The van der Waals surface area contributed by atoms with Gasteiger partial charge in [-0.25, -0.2) is 0 Å². The second-order valence-corrected chi connectivity index (χ2v) is 4.89. The van der Waals surface area contributed by atoms with Gasteiger partial charge < -0.3 is 14.6 Å². The highest BCUT2D eigenvalue weighted by molar-refractivity contribution is 6.02. The Kier molecular flexibility index (Phi) is 5.74. The van der Waals surface area contributed by atoms with Crippen LogP contribution in [0, 0.1) is 0 Å². The molecule has 1 heterocycles. The number of hydrogen-bond donors (Lipinski definition) is 1. The number of nitrogens with zero attached hydrogens (tertiary/aromatic N) is 1. The third kappa shape index (κ3) is 4.57. The van der Waals surface area contributed by atoms with Gasteiger partial charge in [0.25, 0.3) is 5.91 Å². The minimum atomic E-state index is -0.260. The molecule has 2 rings (SSSR count). The quantitative estimate of drug-likeness (QED) is 0.831. The molecule has 5 nitrogen and oxygen atoms in total. The number of anilines is 1. The standard InChI is InChI=1S/C18H20N2O3/c1-3-20(4-2)18(22)14-7-9-15(10-8-14)19-17(21)12-11-16-6-5-13-23-16/h5-13H,3-4H2,1-2H3,(H,19,21). The van der Waals surface area contributed by atoms with E-state index in [0.717, 1.165) is 0 Å². The minimum absolute atomic E-state index is 0.00871. The lowest BCUT2D eigenvalue weighted by Crippen LogP contribution is -2.30. The maximum atomic E-state index is 12.2. The number of amides is 2. The Bertz CT molecular complexity index is 669. The number of benzene rings is 1. The Hall–Kier alpha value is -2.82. The average molecular weight is 312 g/mol. The van der Waals surface area contributed by atoms with Gasteiger partial charge in [0, 0.05) is 30.4 Å². The topological polar surface area (TPSA) is 62.6 Å². The molecule has 120 valence electrons. The van der Waals surface area contributed by atoms with Crippen molar-refractivity contribution in [1.29, 1.82) is 0 Å². The first-order valence-corrected chi connectivity index (χ1v) is 7.56. The molecular weight excluding hydrogens is 292 g/mol. The number of rotatable bonds is 6. The third-order valence-corrected chi connectivity index (χ3v) is 3.39. The highest BCUT2D eigenvalue weighted by atomic mass is 16.3. The van der Waals surface area contributed by atoms with E-state index >= 15 is 0 Å². The van der Waals surface area contributed by atoms with Crippen molar-refractivity contribution in [1.82, 2.24) is 4.90 Å². The van der Waals surface area contributed by atoms with Crippen LogP contribution in [-0.4, -0.2) is 29.8 Å². The van der Waals surface area contributed by atoms with E-state index in [2.05, 4.69) is 5.32 Å².